The Bertz CT molecular complexity index is 1330. The van der Waals surface area contributed by atoms with Crippen LogP contribution < -0.4 is 5.56 Å². The first kappa shape index (κ1) is 23.6. The number of nitrogens with one attached hydrogen (secondary N) is 1. The SMILES string of the molecule is O=C(CSc1nc2ccccc2c(=O)n1CCC1=CCCCC1)c1c[nH]c(C(=O)N2CCCC2)c1. The van der Waals surface area contributed by atoms with Gasteiger partial charge in [0.05, 0.1) is 16.7 Å². The average molecular weight is 491 g/mol. The van der Waals surface area contributed by atoms with Gasteiger partial charge in [-0.15, -0.1) is 0 Å². The van der Waals surface area contributed by atoms with Gasteiger partial charge in [0.25, 0.3) is 11.5 Å². The molecule has 1 fully saturated rings. The highest BCUT2D eigenvalue weighted by molar-refractivity contribution is 7.99. The fraction of sp³-hybridized carbons (Fsp3) is 0.407. The van der Waals surface area contributed by atoms with Crippen LogP contribution in [-0.4, -0.2) is 50.0 Å². The summed E-state index contributed by atoms with van der Waals surface area (Å²) in [6, 6.07) is 8.99. The topological polar surface area (TPSA) is 88.1 Å². The van der Waals surface area contributed by atoms with Gasteiger partial charge in [-0.25, -0.2) is 4.98 Å². The molecule has 1 N–H and O–H groups in total. The lowest BCUT2D eigenvalue weighted by Crippen LogP contribution is -2.27. The summed E-state index contributed by atoms with van der Waals surface area (Å²) in [7, 11) is 0. The molecule has 0 saturated carbocycles. The summed E-state index contributed by atoms with van der Waals surface area (Å²) >= 11 is 1.28. The second-order valence-electron chi connectivity index (χ2n) is 9.24. The van der Waals surface area contributed by atoms with Crippen LogP contribution in [0.3, 0.4) is 0 Å². The Labute approximate surface area is 208 Å². The van der Waals surface area contributed by atoms with Gasteiger partial charge in [-0.05, 0) is 63.1 Å². The largest absolute Gasteiger partial charge is 0.356 e. The van der Waals surface area contributed by atoms with Crippen LogP contribution in [0.1, 0.15) is 65.8 Å². The summed E-state index contributed by atoms with van der Waals surface area (Å²) in [5, 5.41) is 1.15. The van der Waals surface area contributed by atoms with Gasteiger partial charge in [-0.1, -0.05) is 35.5 Å². The molecule has 8 heteroatoms. The predicted molar refractivity (Wildman–Crippen MR) is 138 cm³/mol. The maximum atomic E-state index is 13.3. The number of aromatic nitrogens is 3. The van der Waals surface area contributed by atoms with Crippen molar-refractivity contribution in [2.75, 3.05) is 18.8 Å². The van der Waals surface area contributed by atoms with Crippen LogP contribution >= 0.6 is 11.8 Å². The van der Waals surface area contributed by atoms with Gasteiger partial charge >= 0.3 is 0 Å². The van der Waals surface area contributed by atoms with Crippen LogP contribution in [0.2, 0.25) is 0 Å². The maximum absolute atomic E-state index is 13.3. The maximum Gasteiger partial charge on any atom is 0.270 e. The normalized spacial score (nSPS) is 16.0. The third-order valence-corrected chi connectivity index (χ3v) is 7.81. The Morgan fingerprint density at radius 2 is 1.91 bits per heavy atom. The Kier molecular flexibility index (Phi) is 7.18. The molecule has 0 radical (unpaired) electrons. The summed E-state index contributed by atoms with van der Waals surface area (Å²) in [4.78, 5) is 48.4. The van der Waals surface area contributed by atoms with Crippen molar-refractivity contribution in [1.82, 2.24) is 19.4 Å². The van der Waals surface area contributed by atoms with Crippen molar-refractivity contribution in [2.24, 2.45) is 0 Å². The van der Waals surface area contributed by atoms with Crippen molar-refractivity contribution in [1.29, 1.82) is 0 Å². The molecule has 3 heterocycles. The van der Waals surface area contributed by atoms with Crippen LogP contribution in [0.15, 0.2) is 58.1 Å². The number of rotatable bonds is 8. The van der Waals surface area contributed by atoms with E-state index >= 15 is 0 Å². The van der Waals surface area contributed by atoms with E-state index in [9.17, 15) is 14.4 Å². The van der Waals surface area contributed by atoms with E-state index < -0.39 is 0 Å². The molecule has 7 nitrogen and oxygen atoms in total. The molecule has 1 aromatic carbocycles. The van der Waals surface area contributed by atoms with E-state index in [4.69, 9.17) is 4.98 Å². The third kappa shape index (κ3) is 5.27. The number of ketones is 1. The molecule has 2 aliphatic rings. The molecule has 3 aromatic rings. The fourth-order valence-electron chi connectivity index (χ4n) is 4.82. The van der Waals surface area contributed by atoms with Gasteiger partial charge in [0.1, 0.15) is 5.69 Å². The van der Waals surface area contributed by atoms with Crippen molar-refractivity contribution in [3.05, 3.63) is 69.8 Å². The van der Waals surface area contributed by atoms with Crippen molar-refractivity contribution in [2.45, 2.75) is 56.6 Å². The number of amides is 1. The number of H-pyrrole nitrogens is 1. The van der Waals surface area contributed by atoms with Crippen LogP contribution in [0.25, 0.3) is 10.9 Å². The number of para-hydroxylation sites is 1. The predicted octanol–water partition coefficient (Wildman–Crippen LogP) is 4.83. The van der Waals surface area contributed by atoms with Gasteiger partial charge in [0.15, 0.2) is 10.9 Å². The molecular formula is C27H30N4O3S. The molecule has 1 saturated heterocycles. The molecule has 1 aliphatic carbocycles. The van der Waals surface area contributed by atoms with Gasteiger partial charge in [-0.3, -0.25) is 19.0 Å². The first-order valence-corrected chi connectivity index (χ1v) is 13.4. The number of allylic oxidation sites excluding steroid dienone is 2. The zero-order valence-corrected chi connectivity index (χ0v) is 20.6. The second-order valence-corrected chi connectivity index (χ2v) is 10.2. The summed E-state index contributed by atoms with van der Waals surface area (Å²) < 4.78 is 1.72. The van der Waals surface area contributed by atoms with Crippen LogP contribution in [0, 0.1) is 0 Å². The molecule has 0 spiro atoms. The minimum absolute atomic E-state index is 0.0590. The molecule has 182 valence electrons. The Morgan fingerprint density at radius 1 is 1.09 bits per heavy atom. The number of Topliss-reactive ketones (excluding diaryl/α,β-unsaturated/α-hetero) is 1. The smallest absolute Gasteiger partial charge is 0.270 e. The van der Waals surface area contributed by atoms with E-state index in [1.165, 1.54) is 30.2 Å². The number of hydrogen-bond donors (Lipinski definition) is 1. The zero-order chi connectivity index (χ0) is 24.2. The first-order chi connectivity index (χ1) is 17.1. The van der Waals surface area contributed by atoms with E-state index in [1.807, 2.05) is 23.1 Å². The summed E-state index contributed by atoms with van der Waals surface area (Å²) in [5.41, 5.74) is 2.89. The molecule has 1 aliphatic heterocycles. The van der Waals surface area contributed by atoms with Crippen molar-refractivity contribution >= 4 is 34.4 Å². The van der Waals surface area contributed by atoms with E-state index in [2.05, 4.69) is 11.1 Å². The molecule has 35 heavy (non-hydrogen) atoms. The zero-order valence-electron chi connectivity index (χ0n) is 19.8. The lowest BCUT2D eigenvalue weighted by atomic mass is 9.97. The highest BCUT2D eigenvalue weighted by Crippen LogP contribution is 2.24. The lowest BCUT2D eigenvalue weighted by Gasteiger charge is -2.16. The van der Waals surface area contributed by atoms with Crippen LogP contribution in [0.4, 0.5) is 0 Å². The summed E-state index contributed by atoms with van der Waals surface area (Å²) in [6.45, 7) is 2.08. The highest BCUT2D eigenvalue weighted by atomic mass is 32.2. The second kappa shape index (κ2) is 10.6. The number of benzene rings is 1. The average Bonchev–Trinajstić information content (AvgIpc) is 3.60. The van der Waals surface area contributed by atoms with E-state index in [0.29, 0.717) is 33.9 Å². The number of thioether (sulfide) groups is 1. The van der Waals surface area contributed by atoms with E-state index in [0.717, 1.165) is 45.2 Å². The van der Waals surface area contributed by atoms with Crippen molar-refractivity contribution in [3.8, 4) is 0 Å². The Balaban J connectivity index is 1.33. The van der Waals surface area contributed by atoms with Gasteiger partial charge in [-0.2, -0.15) is 0 Å². The van der Waals surface area contributed by atoms with Gasteiger partial charge in [0.2, 0.25) is 0 Å². The third-order valence-electron chi connectivity index (χ3n) is 6.83. The van der Waals surface area contributed by atoms with Gasteiger partial charge in [0, 0.05) is 31.4 Å². The number of carbonyl (C=O) groups is 2. The van der Waals surface area contributed by atoms with Crippen LogP contribution in [-0.2, 0) is 6.54 Å². The molecule has 0 atom stereocenters. The standard InChI is InChI=1S/C27H30N4O3S/c32-24(20-16-23(28-17-20)26(34)30-13-6-7-14-30)18-35-27-29-22-11-5-4-10-21(22)25(33)31(27)15-12-19-8-2-1-3-9-19/h4-5,8,10-11,16-17,28H,1-3,6-7,9,12-15,18H2. The first-order valence-electron chi connectivity index (χ1n) is 12.4. The molecule has 0 bridgehead atoms. The number of fused-ring (bicyclic) bond motifs is 1. The van der Waals surface area contributed by atoms with Crippen LogP contribution in [0.5, 0.6) is 0 Å². The highest BCUT2D eigenvalue weighted by Gasteiger charge is 2.22. The number of nitrogens with zero attached hydrogens (tertiary/aromatic N) is 3. The fourth-order valence-corrected chi connectivity index (χ4v) is 5.74. The van der Waals surface area contributed by atoms with Gasteiger partial charge < -0.3 is 9.88 Å². The molecule has 2 aromatic heterocycles. The minimum Gasteiger partial charge on any atom is -0.356 e. The number of likely N-dealkylation sites (tertiary alicyclic amines) is 1. The van der Waals surface area contributed by atoms with E-state index in [1.54, 1.807) is 22.9 Å². The van der Waals surface area contributed by atoms with Crippen molar-refractivity contribution in [3.63, 3.8) is 0 Å². The molecule has 5 rings (SSSR count). The molecule has 1 amide bonds. The number of carbonyl (C=O) groups excluding carboxylic acids is 2. The Morgan fingerprint density at radius 3 is 2.71 bits per heavy atom. The quantitative estimate of drug-likeness (QED) is 0.212. The monoisotopic (exact) mass is 490 g/mol. The van der Waals surface area contributed by atoms with E-state index in [-0.39, 0.29) is 23.0 Å². The molecule has 0 unspecified atom stereocenters. The molecular weight excluding hydrogens is 460 g/mol. The number of hydrogen-bond acceptors (Lipinski definition) is 5. The lowest BCUT2D eigenvalue weighted by molar-refractivity contribution is 0.0787. The summed E-state index contributed by atoms with van der Waals surface area (Å²) in [5.74, 6) is -0.0187. The number of aromatic amines is 1. The minimum atomic E-state index is -0.101. The summed E-state index contributed by atoms with van der Waals surface area (Å²) in [6.07, 6.45) is 11.4. The van der Waals surface area contributed by atoms with Crippen molar-refractivity contribution < 1.29 is 9.59 Å². The Hall–Kier alpha value is -3.13.